The molecule has 0 aliphatic heterocycles. The van der Waals surface area contributed by atoms with Crippen LogP contribution in [-0.2, 0) is 0 Å². The van der Waals surface area contributed by atoms with Crippen molar-refractivity contribution in [2.45, 2.75) is 45.3 Å². The summed E-state index contributed by atoms with van der Waals surface area (Å²) in [6, 6.07) is 2.33. The Kier molecular flexibility index (Phi) is 3.19. The van der Waals surface area contributed by atoms with E-state index in [0.717, 1.165) is 29.4 Å². The summed E-state index contributed by atoms with van der Waals surface area (Å²) in [6.45, 7) is 4.07. The number of hydrogen-bond acceptors (Lipinski definition) is 4. The van der Waals surface area contributed by atoms with E-state index in [9.17, 15) is 0 Å². The number of nitrogens with zero attached hydrogens (tertiary/aromatic N) is 1. The molecule has 3 aliphatic rings. The van der Waals surface area contributed by atoms with E-state index in [0.29, 0.717) is 5.92 Å². The van der Waals surface area contributed by atoms with Gasteiger partial charge in [-0.05, 0) is 74.3 Å². The molecule has 2 bridgehead atoms. The molecular weight excluding hydrogens is 262 g/mol. The van der Waals surface area contributed by atoms with E-state index in [1.54, 1.807) is 6.20 Å². The maximum absolute atomic E-state index is 5.89. The smallest absolute Gasteiger partial charge is 0.138 e. The molecule has 21 heavy (non-hydrogen) atoms. The van der Waals surface area contributed by atoms with E-state index in [4.69, 9.17) is 10.6 Å². The van der Waals surface area contributed by atoms with E-state index < -0.39 is 0 Å². The monoisotopic (exact) mass is 287 g/mol. The van der Waals surface area contributed by atoms with Crippen molar-refractivity contribution in [2.75, 3.05) is 0 Å². The minimum Gasteiger partial charge on any atom is -0.489 e. The molecule has 0 spiro atoms. The van der Waals surface area contributed by atoms with Crippen molar-refractivity contribution in [2.24, 2.45) is 35.4 Å². The van der Waals surface area contributed by atoms with Crippen molar-refractivity contribution in [1.82, 2.24) is 10.4 Å². The molecule has 3 N–H and O–H groups in total. The van der Waals surface area contributed by atoms with Gasteiger partial charge in [-0.2, -0.15) is 0 Å². The lowest BCUT2D eigenvalue weighted by Crippen LogP contribution is -2.31. The number of rotatable bonds is 5. The molecule has 5 atom stereocenters. The van der Waals surface area contributed by atoms with Gasteiger partial charge in [0.15, 0.2) is 0 Å². The quantitative estimate of drug-likeness (QED) is 0.645. The maximum atomic E-state index is 5.89. The van der Waals surface area contributed by atoms with Gasteiger partial charge in [0, 0.05) is 6.20 Å². The van der Waals surface area contributed by atoms with Crippen LogP contribution in [0.2, 0.25) is 0 Å². The van der Waals surface area contributed by atoms with Gasteiger partial charge in [0.1, 0.15) is 5.75 Å². The van der Waals surface area contributed by atoms with Crippen LogP contribution in [0.25, 0.3) is 0 Å². The summed E-state index contributed by atoms with van der Waals surface area (Å²) in [6.07, 6.45) is 8.24. The van der Waals surface area contributed by atoms with Crippen LogP contribution in [0.1, 0.15) is 44.7 Å². The Bertz CT molecular complexity index is 517. The highest BCUT2D eigenvalue weighted by molar-refractivity contribution is 5.30. The van der Waals surface area contributed by atoms with E-state index in [2.05, 4.69) is 16.5 Å². The third-order valence-corrected chi connectivity index (χ3v) is 5.82. The molecule has 5 unspecified atom stereocenters. The lowest BCUT2D eigenvalue weighted by Gasteiger charge is -2.20. The number of ether oxygens (including phenoxy) is 1. The zero-order chi connectivity index (χ0) is 14.6. The van der Waals surface area contributed by atoms with Crippen molar-refractivity contribution in [3.8, 4) is 5.75 Å². The molecule has 1 aromatic rings. The molecular formula is C17H25N3O. The third kappa shape index (κ3) is 2.16. The van der Waals surface area contributed by atoms with Crippen LogP contribution in [0.15, 0.2) is 18.5 Å². The molecule has 3 aliphatic carbocycles. The van der Waals surface area contributed by atoms with Crippen molar-refractivity contribution in [3.63, 3.8) is 0 Å². The Morgan fingerprint density at radius 3 is 2.57 bits per heavy atom. The predicted molar refractivity (Wildman–Crippen MR) is 81.4 cm³/mol. The predicted octanol–water partition coefficient (Wildman–Crippen LogP) is 2.67. The second kappa shape index (κ2) is 4.96. The van der Waals surface area contributed by atoms with Crippen molar-refractivity contribution < 1.29 is 4.74 Å². The first kappa shape index (κ1) is 13.5. The van der Waals surface area contributed by atoms with Gasteiger partial charge < -0.3 is 4.74 Å². The molecule has 4 heteroatoms. The fraction of sp³-hybridized carbons (Fsp3) is 0.706. The molecule has 3 fully saturated rings. The highest BCUT2D eigenvalue weighted by Gasteiger charge is 2.66. The topological polar surface area (TPSA) is 60.2 Å². The lowest BCUT2D eigenvalue weighted by atomic mass is 9.94. The van der Waals surface area contributed by atoms with Gasteiger partial charge in [-0.3, -0.25) is 16.3 Å². The van der Waals surface area contributed by atoms with Crippen molar-refractivity contribution >= 4 is 0 Å². The first-order valence-corrected chi connectivity index (χ1v) is 8.26. The van der Waals surface area contributed by atoms with Crippen molar-refractivity contribution in [3.05, 3.63) is 24.0 Å². The highest BCUT2D eigenvalue weighted by Crippen LogP contribution is 2.72. The number of nitrogens with two attached hydrogens (primary N) is 1. The summed E-state index contributed by atoms with van der Waals surface area (Å²) in [5.41, 5.74) is 4.24. The number of nitrogens with one attached hydrogen (secondary N) is 1. The van der Waals surface area contributed by atoms with Crippen LogP contribution in [0.3, 0.4) is 0 Å². The summed E-state index contributed by atoms with van der Waals surface area (Å²) in [7, 11) is 0. The standard InChI is InChI=1S/C17H25N3O/c1-9(2)21-13-6-12(7-19-8-13)17(20-18)16-14-10-3-4-11(5-10)15(14)16/h6-11,14-17,20H,3-5,18H2,1-2H3. The molecule has 3 saturated carbocycles. The highest BCUT2D eigenvalue weighted by atomic mass is 16.5. The normalized spacial score (nSPS) is 37.6. The molecule has 0 aromatic carbocycles. The SMILES string of the molecule is CC(C)Oc1cncc(C(NN)C2C3C4CCC(C4)C32)c1. The summed E-state index contributed by atoms with van der Waals surface area (Å²) in [5.74, 6) is 11.2. The minimum absolute atomic E-state index is 0.169. The first-order chi connectivity index (χ1) is 10.2. The van der Waals surface area contributed by atoms with Gasteiger partial charge in [0.25, 0.3) is 0 Å². The van der Waals surface area contributed by atoms with Crippen LogP contribution in [0.5, 0.6) is 5.75 Å². The Hall–Kier alpha value is -1.13. The zero-order valence-corrected chi connectivity index (χ0v) is 12.8. The first-order valence-electron chi connectivity index (χ1n) is 8.26. The average Bonchev–Trinajstić information content (AvgIpc) is 2.88. The van der Waals surface area contributed by atoms with Gasteiger partial charge >= 0.3 is 0 Å². The molecule has 0 amide bonds. The average molecular weight is 287 g/mol. The van der Waals surface area contributed by atoms with Crippen LogP contribution in [-0.4, -0.2) is 11.1 Å². The van der Waals surface area contributed by atoms with Gasteiger partial charge in [0.05, 0.1) is 18.3 Å². The molecule has 4 rings (SSSR count). The minimum atomic E-state index is 0.169. The van der Waals surface area contributed by atoms with E-state index in [1.165, 1.54) is 24.8 Å². The van der Waals surface area contributed by atoms with Crippen LogP contribution in [0.4, 0.5) is 0 Å². The van der Waals surface area contributed by atoms with Gasteiger partial charge in [-0.15, -0.1) is 0 Å². The summed E-state index contributed by atoms with van der Waals surface area (Å²) in [5, 5.41) is 0. The third-order valence-electron chi connectivity index (χ3n) is 5.82. The molecule has 4 nitrogen and oxygen atoms in total. The lowest BCUT2D eigenvalue weighted by molar-refractivity contribution is 0.240. The largest absolute Gasteiger partial charge is 0.489 e. The van der Waals surface area contributed by atoms with Gasteiger partial charge in [-0.25, -0.2) is 0 Å². The Balaban J connectivity index is 1.54. The maximum Gasteiger partial charge on any atom is 0.138 e. The molecule has 0 radical (unpaired) electrons. The summed E-state index contributed by atoms with van der Waals surface area (Å²) < 4.78 is 5.77. The van der Waals surface area contributed by atoms with Gasteiger partial charge in [0.2, 0.25) is 0 Å². The second-order valence-corrected chi connectivity index (χ2v) is 7.33. The number of hydrazine groups is 1. The fourth-order valence-corrected chi connectivity index (χ4v) is 5.21. The summed E-state index contributed by atoms with van der Waals surface area (Å²) in [4.78, 5) is 4.34. The Morgan fingerprint density at radius 1 is 1.24 bits per heavy atom. The van der Waals surface area contributed by atoms with Crippen LogP contribution in [0, 0.1) is 29.6 Å². The van der Waals surface area contributed by atoms with Crippen LogP contribution >= 0.6 is 0 Å². The Labute approximate surface area is 126 Å². The molecule has 0 saturated heterocycles. The second-order valence-electron chi connectivity index (χ2n) is 7.33. The number of pyridine rings is 1. The fourth-order valence-electron chi connectivity index (χ4n) is 5.21. The number of fused-ring (bicyclic) bond motifs is 5. The van der Waals surface area contributed by atoms with Gasteiger partial charge in [-0.1, -0.05) is 0 Å². The summed E-state index contributed by atoms with van der Waals surface area (Å²) >= 11 is 0. The van der Waals surface area contributed by atoms with Crippen LogP contribution < -0.4 is 16.0 Å². The molecule has 1 heterocycles. The molecule has 1 aromatic heterocycles. The Morgan fingerprint density at radius 2 is 1.95 bits per heavy atom. The van der Waals surface area contributed by atoms with E-state index in [1.807, 2.05) is 20.0 Å². The van der Waals surface area contributed by atoms with E-state index >= 15 is 0 Å². The number of aromatic nitrogens is 1. The molecule has 114 valence electrons. The van der Waals surface area contributed by atoms with Crippen molar-refractivity contribution in [1.29, 1.82) is 0 Å². The number of hydrogen-bond donors (Lipinski definition) is 2. The van der Waals surface area contributed by atoms with E-state index in [-0.39, 0.29) is 12.1 Å². The zero-order valence-electron chi connectivity index (χ0n) is 12.8.